The van der Waals surface area contributed by atoms with Crippen molar-refractivity contribution in [3.05, 3.63) is 47.8 Å². The van der Waals surface area contributed by atoms with Gasteiger partial charge in [0.05, 0.1) is 35.7 Å². The lowest BCUT2D eigenvalue weighted by molar-refractivity contribution is -0.111. The lowest BCUT2D eigenvalue weighted by atomic mass is 10.3. The highest BCUT2D eigenvalue weighted by molar-refractivity contribution is 6.10. The summed E-state index contributed by atoms with van der Waals surface area (Å²) in [6.07, 6.45) is 9.43. The summed E-state index contributed by atoms with van der Waals surface area (Å²) < 4.78 is 4.70. The molecule has 0 aliphatic rings. The first-order valence-corrected chi connectivity index (χ1v) is 8.15. The molecule has 10 nitrogen and oxygen atoms in total. The number of aromatic nitrogens is 6. The number of aryl methyl sites for hydroxylation is 3. The molecule has 3 aromatic heterocycles. The van der Waals surface area contributed by atoms with Gasteiger partial charge < -0.3 is 10.6 Å². The Morgan fingerprint density at radius 1 is 0.963 bits per heavy atom. The molecule has 0 saturated heterocycles. The second kappa shape index (κ2) is 7.28. The first-order chi connectivity index (χ1) is 12.8. The predicted molar refractivity (Wildman–Crippen MR) is 100.0 cm³/mol. The molecular weight excluding hydrogens is 348 g/mol. The van der Waals surface area contributed by atoms with Gasteiger partial charge in [-0.2, -0.15) is 15.3 Å². The Hall–Kier alpha value is -3.69. The fourth-order valence-corrected chi connectivity index (χ4v) is 2.47. The van der Waals surface area contributed by atoms with Gasteiger partial charge in [0.1, 0.15) is 5.69 Å². The largest absolute Gasteiger partial charge is 0.319 e. The van der Waals surface area contributed by atoms with Crippen molar-refractivity contribution >= 4 is 29.3 Å². The molecule has 3 rings (SSSR count). The Morgan fingerprint density at radius 3 is 2.30 bits per heavy atom. The van der Waals surface area contributed by atoms with Gasteiger partial charge in [-0.05, 0) is 13.0 Å². The molecule has 10 heteroatoms. The molecule has 0 bridgehead atoms. The highest BCUT2D eigenvalue weighted by Crippen LogP contribution is 2.18. The zero-order chi connectivity index (χ0) is 19.6. The first-order valence-electron chi connectivity index (χ1n) is 8.15. The van der Waals surface area contributed by atoms with Gasteiger partial charge in [0, 0.05) is 39.0 Å². The van der Waals surface area contributed by atoms with Crippen LogP contribution < -0.4 is 10.6 Å². The van der Waals surface area contributed by atoms with Crippen LogP contribution in [0.3, 0.4) is 0 Å². The fraction of sp³-hybridized carbons (Fsp3) is 0.235. The van der Waals surface area contributed by atoms with Gasteiger partial charge in [0.15, 0.2) is 0 Å². The molecule has 0 radical (unpaired) electrons. The highest BCUT2D eigenvalue weighted by atomic mass is 16.2. The minimum Gasteiger partial charge on any atom is -0.319 e. The molecule has 2 amide bonds. The molecule has 140 valence electrons. The zero-order valence-corrected chi connectivity index (χ0v) is 15.5. The number of amides is 2. The number of hydrogen-bond donors (Lipinski definition) is 2. The summed E-state index contributed by atoms with van der Waals surface area (Å²) in [7, 11) is 5.21. The van der Waals surface area contributed by atoms with Crippen molar-refractivity contribution in [3.8, 4) is 0 Å². The maximum Gasteiger partial charge on any atom is 0.276 e. The number of hydrogen-bond acceptors (Lipinski definition) is 5. The van der Waals surface area contributed by atoms with Crippen LogP contribution in [-0.2, 0) is 25.9 Å². The molecule has 0 aromatic carbocycles. The van der Waals surface area contributed by atoms with Crippen LogP contribution in [0, 0.1) is 6.92 Å². The fourth-order valence-electron chi connectivity index (χ4n) is 2.47. The predicted octanol–water partition coefficient (Wildman–Crippen LogP) is 1.10. The van der Waals surface area contributed by atoms with E-state index in [0.29, 0.717) is 11.4 Å². The van der Waals surface area contributed by atoms with Crippen LogP contribution in [0.25, 0.3) is 6.08 Å². The van der Waals surface area contributed by atoms with E-state index in [0.717, 1.165) is 11.3 Å². The van der Waals surface area contributed by atoms with E-state index in [1.54, 1.807) is 55.2 Å². The van der Waals surface area contributed by atoms with Crippen molar-refractivity contribution < 1.29 is 9.59 Å². The van der Waals surface area contributed by atoms with Crippen LogP contribution in [0.15, 0.2) is 30.9 Å². The molecule has 0 aliphatic carbocycles. The third-order valence-electron chi connectivity index (χ3n) is 4.05. The SMILES string of the molecule is Cc1c(NC(=O)c2c(NC(=O)/C=C/c3cnn(C)c3)cnn2C)cnn1C. The van der Waals surface area contributed by atoms with Crippen LogP contribution >= 0.6 is 0 Å². The van der Waals surface area contributed by atoms with Crippen molar-refractivity contribution in [1.29, 1.82) is 0 Å². The smallest absolute Gasteiger partial charge is 0.276 e. The van der Waals surface area contributed by atoms with Gasteiger partial charge >= 0.3 is 0 Å². The lowest BCUT2D eigenvalue weighted by Gasteiger charge is -2.08. The quantitative estimate of drug-likeness (QED) is 0.655. The standard InChI is InChI=1S/C17H20N8O2/c1-11-13(8-19-24(11)3)22-17(27)16-14(9-20-25(16)4)21-15(26)6-5-12-7-18-23(2)10-12/h5-10H,1-4H3,(H,21,26)(H,22,27)/b6-5+. The van der Waals surface area contributed by atoms with E-state index < -0.39 is 5.91 Å². The van der Waals surface area contributed by atoms with Gasteiger partial charge in [-0.1, -0.05) is 0 Å². The molecular formula is C17H20N8O2. The summed E-state index contributed by atoms with van der Waals surface area (Å²) in [6, 6.07) is 0. The molecule has 0 spiro atoms. The number of carbonyl (C=O) groups is 2. The molecule has 0 fully saturated rings. The van der Waals surface area contributed by atoms with Gasteiger partial charge in [-0.15, -0.1) is 0 Å². The summed E-state index contributed by atoms with van der Waals surface area (Å²) >= 11 is 0. The van der Waals surface area contributed by atoms with E-state index in [-0.39, 0.29) is 11.6 Å². The van der Waals surface area contributed by atoms with Crippen molar-refractivity contribution in [2.75, 3.05) is 10.6 Å². The molecule has 3 heterocycles. The number of nitrogens with one attached hydrogen (secondary N) is 2. The summed E-state index contributed by atoms with van der Waals surface area (Å²) in [5.41, 5.74) is 2.76. The Kier molecular flexibility index (Phi) is 4.88. The van der Waals surface area contributed by atoms with Crippen LogP contribution in [0.4, 0.5) is 11.4 Å². The normalized spacial score (nSPS) is 11.1. The van der Waals surface area contributed by atoms with E-state index in [1.807, 2.05) is 6.92 Å². The van der Waals surface area contributed by atoms with Crippen LogP contribution in [0.1, 0.15) is 21.7 Å². The molecule has 3 aromatic rings. The summed E-state index contributed by atoms with van der Waals surface area (Å²) in [5, 5.41) is 17.6. The van der Waals surface area contributed by atoms with E-state index >= 15 is 0 Å². The molecule has 0 unspecified atom stereocenters. The van der Waals surface area contributed by atoms with Crippen molar-refractivity contribution in [3.63, 3.8) is 0 Å². The number of carbonyl (C=O) groups excluding carboxylic acids is 2. The zero-order valence-electron chi connectivity index (χ0n) is 15.5. The lowest BCUT2D eigenvalue weighted by Crippen LogP contribution is -2.19. The molecule has 0 atom stereocenters. The molecule has 0 aliphatic heterocycles. The van der Waals surface area contributed by atoms with Gasteiger partial charge in [-0.25, -0.2) is 0 Å². The summed E-state index contributed by atoms with van der Waals surface area (Å²) in [6.45, 7) is 1.85. The second-order valence-electron chi connectivity index (χ2n) is 6.02. The van der Waals surface area contributed by atoms with Gasteiger partial charge in [0.2, 0.25) is 5.91 Å². The number of anilines is 2. The van der Waals surface area contributed by atoms with Gasteiger partial charge in [-0.3, -0.25) is 23.6 Å². The minimum atomic E-state index is -0.391. The highest BCUT2D eigenvalue weighted by Gasteiger charge is 2.19. The average molecular weight is 368 g/mol. The van der Waals surface area contributed by atoms with E-state index in [1.165, 1.54) is 17.0 Å². The van der Waals surface area contributed by atoms with E-state index in [2.05, 4.69) is 25.9 Å². The van der Waals surface area contributed by atoms with Crippen molar-refractivity contribution in [2.45, 2.75) is 6.92 Å². The van der Waals surface area contributed by atoms with E-state index in [9.17, 15) is 9.59 Å². The Balaban J connectivity index is 1.74. The summed E-state index contributed by atoms with van der Waals surface area (Å²) in [5.74, 6) is -0.767. The van der Waals surface area contributed by atoms with Gasteiger partial charge in [0.25, 0.3) is 5.91 Å². The first kappa shape index (κ1) is 18.1. The molecule has 0 saturated carbocycles. The van der Waals surface area contributed by atoms with E-state index in [4.69, 9.17) is 0 Å². The number of nitrogens with zero attached hydrogens (tertiary/aromatic N) is 6. The molecule has 27 heavy (non-hydrogen) atoms. The van der Waals surface area contributed by atoms with Crippen molar-refractivity contribution in [1.82, 2.24) is 29.3 Å². The topological polar surface area (TPSA) is 112 Å². The third-order valence-corrected chi connectivity index (χ3v) is 4.05. The third kappa shape index (κ3) is 3.94. The maximum atomic E-state index is 12.7. The Bertz CT molecular complexity index is 1020. The average Bonchev–Trinajstić information content (AvgIpc) is 3.29. The monoisotopic (exact) mass is 368 g/mol. The molecule has 2 N–H and O–H groups in total. The summed E-state index contributed by atoms with van der Waals surface area (Å²) in [4.78, 5) is 24.8. The Labute approximate surface area is 155 Å². The van der Waals surface area contributed by atoms with Crippen LogP contribution in [-0.4, -0.2) is 41.2 Å². The second-order valence-corrected chi connectivity index (χ2v) is 6.02. The maximum absolute atomic E-state index is 12.7. The van der Waals surface area contributed by atoms with Crippen molar-refractivity contribution in [2.24, 2.45) is 21.1 Å². The van der Waals surface area contributed by atoms with Crippen LogP contribution in [0.5, 0.6) is 0 Å². The van der Waals surface area contributed by atoms with Crippen LogP contribution in [0.2, 0.25) is 0 Å². The minimum absolute atomic E-state index is 0.237. The Morgan fingerprint density at radius 2 is 1.67 bits per heavy atom. The number of rotatable bonds is 5.